The van der Waals surface area contributed by atoms with Gasteiger partial charge in [0, 0.05) is 6.54 Å². The first-order valence-electron chi connectivity index (χ1n) is 6.63. The maximum Gasteiger partial charge on any atom is 0.184 e. The molecule has 19 heavy (non-hydrogen) atoms. The van der Waals surface area contributed by atoms with Gasteiger partial charge in [0.05, 0.1) is 5.52 Å². The molecule has 3 rings (SSSR count). The van der Waals surface area contributed by atoms with Crippen molar-refractivity contribution in [1.82, 2.24) is 9.55 Å². The smallest absolute Gasteiger partial charge is 0.184 e. The van der Waals surface area contributed by atoms with E-state index in [9.17, 15) is 8.78 Å². The SMILES string of the molecule is CCC1(Cn2c(=S)[nH]c3ccc(F)c(F)c32)CCC1. The number of nitrogens with one attached hydrogen (secondary N) is 1. The summed E-state index contributed by atoms with van der Waals surface area (Å²) in [4.78, 5) is 2.96. The average Bonchev–Trinajstić information content (AvgIpc) is 2.66. The summed E-state index contributed by atoms with van der Waals surface area (Å²) in [7, 11) is 0. The van der Waals surface area contributed by atoms with Crippen LogP contribution >= 0.6 is 12.2 Å². The Morgan fingerprint density at radius 3 is 2.68 bits per heavy atom. The zero-order valence-corrected chi connectivity index (χ0v) is 11.6. The molecule has 1 aliphatic rings. The molecule has 0 aliphatic heterocycles. The van der Waals surface area contributed by atoms with Crippen LogP contribution in [0.4, 0.5) is 8.78 Å². The van der Waals surface area contributed by atoms with E-state index in [1.54, 1.807) is 10.6 Å². The molecule has 0 unspecified atom stereocenters. The van der Waals surface area contributed by atoms with Crippen molar-refractivity contribution < 1.29 is 8.78 Å². The van der Waals surface area contributed by atoms with Crippen molar-refractivity contribution in [2.75, 3.05) is 0 Å². The molecule has 1 aliphatic carbocycles. The molecule has 0 spiro atoms. The lowest BCUT2D eigenvalue weighted by Crippen LogP contribution is -2.33. The van der Waals surface area contributed by atoms with Crippen molar-refractivity contribution in [3.63, 3.8) is 0 Å². The number of imidazole rings is 1. The molecule has 2 aromatic rings. The average molecular weight is 282 g/mol. The van der Waals surface area contributed by atoms with E-state index in [0.29, 0.717) is 16.8 Å². The molecule has 1 fully saturated rings. The Balaban J connectivity index is 2.15. The Kier molecular flexibility index (Phi) is 2.96. The topological polar surface area (TPSA) is 20.7 Å². The lowest BCUT2D eigenvalue weighted by atomic mass is 9.67. The van der Waals surface area contributed by atoms with Gasteiger partial charge in [0.2, 0.25) is 0 Å². The Morgan fingerprint density at radius 2 is 2.11 bits per heavy atom. The standard InChI is InChI=1S/C14H16F2N2S/c1-2-14(6-3-7-14)8-18-12-10(17-13(18)19)5-4-9(15)11(12)16/h4-5H,2-3,6-8H2,1H3,(H,17,19). The fourth-order valence-electron chi connectivity index (χ4n) is 2.98. The Bertz CT molecular complexity index is 677. The van der Waals surface area contributed by atoms with E-state index in [0.717, 1.165) is 25.3 Å². The maximum atomic E-state index is 14.0. The first-order valence-corrected chi connectivity index (χ1v) is 7.04. The number of benzene rings is 1. The Hall–Kier alpha value is -1.23. The van der Waals surface area contributed by atoms with Gasteiger partial charge in [-0.05, 0) is 49.0 Å². The van der Waals surface area contributed by atoms with Gasteiger partial charge in [-0.1, -0.05) is 13.3 Å². The second-order valence-electron chi connectivity index (χ2n) is 5.48. The first kappa shape index (κ1) is 12.8. The van der Waals surface area contributed by atoms with Crippen LogP contribution < -0.4 is 0 Å². The van der Waals surface area contributed by atoms with E-state index in [2.05, 4.69) is 11.9 Å². The molecule has 0 saturated heterocycles. The highest BCUT2D eigenvalue weighted by atomic mass is 32.1. The lowest BCUT2D eigenvalue weighted by Gasteiger charge is -2.41. The van der Waals surface area contributed by atoms with Gasteiger partial charge in [-0.25, -0.2) is 8.78 Å². The van der Waals surface area contributed by atoms with Crippen LogP contribution in [-0.4, -0.2) is 9.55 Å². The first-order chi connectivity index (χ1) is 9.06. The summed E-state index contributed by atoms with van der Waals surface area (Å²) in [6.45, 7) is 2.82. The number of aromatic amines is 1. The zero-order valence-electron chi connectivity index (χ0n) is 10.8. The predicted molar refractivity (Wildman–Crippen MR) is 73.6 cm³/mol. The summed E-state index contributed by atoms with van der Waals surface area (Å²) in [6.07, 6.45) is 4.52. The monoisotopic (exact) mass is 282 g/mol. The van der Waals surface area contributed by atoms with Gasteiger partial charge in [-0.2, -0.15) is 0 Å². The molecule has 0 amide bonds. The van der Waals surface area contributed by atoms with Crippen molar-refractivity contribution >= 4 is 23.3 Å². The van der Waals surface area contributed by atoms with E-state index < -0.39 is 11.6 Å². The predicted octanol–water partition coefficient (Wildman–Crippen LogP) is 4.56. The molecular formula is C14H16F2N2S. The number of rotatable bonds is 3. The van der Waals surface area contributed by atoms with Crippen LogP contribution in [0.5, 0.6) is 0 Å². The molecule has 2 nitrogen and oxygen atoms in total. The highest BCUT2D eigenvalue weighted by molar-refractivity contribution is 7.71. The van der Waals surface area contributed by atoms with Gasteiger partial charge in [0.25, 0.3) is 0 Å². The number of halogens is 2. The van der Waals surface area contributed by atoms with Crippen molar-refractivity contribution in [2.45, 2.75) is 39.2 Å². The minimum absolute atomic E-state index is 0.201. The van der Waals surface area contributed by atoms with Gasteiger partial charge in [-0.15, -0.1) is 0 Å². The highest BCUT2D eigenvalue weighted by Crippen LogP contribution is 2.45. The quantitative estimate of drug-likeness (QED) is 0.819. The van der Waals surface area contributed by atoms with Crippen molar-refractivity contribution in [3.05, 3.63) is 28.5 Å². The summed E-state index contributed by atoms with van der Waals surface area (Å²) in [5.74, 6) is -1.63. The second-order valence-corrected chi connectivity index (χ2v) is 5.87. The molecular weight excluding hydrogens is 266 g/mol. The van der Waals surface area contributed by atoms with E-state index >= 15 is 0 Å². The number of H-pyrrole nitrogens is 1. The third-order valence-corrected chi connectivity index (χ3v) is 4.81. The maximum absolute atomic E-state index is 14.0. The van der Waals surface area contributed by atoms with Crippen molar-refractivity contribution in [1.29, 1.82) is 0 Å². The normalized spacial score (nSPS) is 17.6. The molecule has 0 bridgehead atoms. The Labute approximate surface area is 115 Å². The third kappa shape index (κ3) is 1.91. The molecule has 102 valence electrons. The zero-order chi connectivity index (χ0) is 13.6. The summed E-state index contributed by atoms with van der Waals surface area (Å²) in [6, 6.07) is 2.67. The molecule has 1 aromatic heterocycles. The van der Waals surface area contributed by atoms with Crippen molar-refractivity contribution in [2.24, 2.45) is 5.41 Å². The second kappa shape index (κ2) is 4.40. The molecule has 1 N–H and O–H groups in total. The van der Waals surface area contributed by atoms with Crippen LogP contribution in [0.3, 0.4) is 0 Å². The van der Waals surface area contributed by atoms with Crippen LogP contribution in [0, 0.1) is 21.8 Å². The molecule has 1 heterocycles. The van der Waals surface area contributed by atoms with Gasteiger partial charge in [0.1, 0.15) is 5.52 Å². The third-order valence-electron chi connectivity index (χ3n) is 4.48. The largest absolute Gasteiger partial charge is 0.330 e. The lowest BCUT2D eigenvalue weighted by molar-refractivity contribution is 0.101. The minimum Gasteiger partial charge on any atom is -0.330 e. The van der Waals surface area contributed by atoms with E-state index in [1.165, 1.54) is 6.42 Å². The summed E-state index contributed by atoms with van der Waals surface area (Å²) >= 11 is 5.26. The summed E-state index contributed by atoms with van der Waals surface area (Å²) in [5.41, 5.74) is 1.03. The van der Waals surface area contributed by atoms with Crippen LogP contribution in [0.25, 0.3) is 11.0 Å². The molecule has 0 atom stereocenters. The Morgan fingerprint density at radius 1 is 1.37 bits per heavy atom. The minimum atomic E-state index is -0.825. The van der Waals surface area contributed by atoms with Gasteiger partial charge >= 0.3 is 0 Å². The van der Waals surface area contributed by atoms with Crippen LogP contribution in [0.15, 0.2) is 12.1 Å². The molecule has 0 radical (unpaired) electrons. The number of hydrogen-bond donors (Lipinski definition) is 1. The summed E-state index contributed by atoms with van der Waals surface area (Å²) < 4.78 is 29.6. The van der Waals surface area contributed by atoms with E-state index in [1.807, 2.05) is 0 Å². The van der Waals surface area contributed by atoms with Gasteiger partial charge in [-0.3, -0.25) is 0 Å². The van der Waals surface area contributed by atoms with Crippen LogP contribution in [0.2, 0.25) is 0 Å². The number of fused-ring (bicyclic) bond motifs is 1. The van der Waals surface area contributed by atoms with E-state index in [-0.39, 0.29) is 10.9 Å². The fraction of sp³-hybridized carbons (Fsp3) is 0.500. The van der Waals surface area contributed by atoms with Crippen LogP contribution in [0.1, 0.15) is 32.6 Å². The fourth-order valence-corrected chi connectivity index (χ4v) is 3.24. The van der Waals surface area contributed by atoms with Gasteiger partial charge < -0.3 is 9.55 Å². The van der Waals surface area contributed by atoms with E-state index in [4.69, 9.17) is 12.2 Å². The number of aromatic nitrogens is 2. The number of nitrogens with zero attached hydrogens (tertiary/aromatic N) is 1. The highest BCUT2D eigenvalue weighted by Gasteiger charge is 2.36. The number of hydrogen-bond acceptors (Lipinski definition) is 1. The molecule has 1 aromatic carbocycles. The van der Waals surface area contributed by atoms with Crippen molar-refractivity contribution in [3.8, 4) is 0 Å². The molecule has 5 heteroatoms. The molecule has 1 saturated carbocycles. The van der Waals surface area contributed by atoms with Gasteiger partial charge in [0.15, 0.2) is 16.4 Å². The van der Waals surface area contributed by atoms with Crippen LogP contribution in [-0.2, 0) is 6.54 Å². The summed E-state index contributed by atoms with van der Waals surface area (Å²) in [5, 5.41) is 0.